The summed E-state index contributed by atoms with van der Waals surface area (Å²) >= 11 is 0. The van der Waals surface area contributed by atoms with Crippen molar-refractivity contribution in [3.05, 3.63) is 35.1 Å². The Bertz CT molecular complexity index is 308. The molecule has 0 aliphatic rings. The molecular weight excluding hydrogens is 172 g/mol. The summed E-state index contributed by atoms with van der Waals surface area (Å²) < 4.78 is 26.5. The van der Waals surface area contributed by atoms with E-state index in [1.165, 1.54) is 25.1 Å². The molecule has 0 aliphatic carbocycles. The molecule has 1 rings (SSSR count). The number of rotatable bonds is 2. The first-order valence-electron chi connectivity index (χ1n) is 4.13. The van der Waals surface area contributed by atoms with E-state index in [1.807, 2.05) is 0 Å². The fourth-order valence-electron chi connectivity index (χ4n) is 1.09. The minimum atomic E-state index is -1.57. The van der Waals surface area contributed by atoms with Gasteiger partial charge in [-0.15, -0.1) is 0 Å². The summed E-state index contributed by atoms with van der Waals surface area (Å²) in [4.78, 5) is 0. The van der Waals surface area contributed by atoms with Gasteiger partial charge in [-0.3, -0.25) is 0 Å². The van der Waals surface area contributed by atoms with Crippen LogP contribution in [0.4, 0.5) is 8.78 Å². The molecule has 0 spiro atoms. The molecular formula is C10H13F2N. The third kappa shape index (κ3) is 2.04. The van der Waals surface area contributed by atoms with Crippen molar-refractivity contribution in [2.45, 2.75) is 19.5 Å². The van der Waals surface area contributed by atoms with Gasteiger partial charge in [-0.05, 0) is 37.1 Å². The molecule has 72 valence electrons. The van der Waals surface area contributed by atoms with Crippen LogP contribution in [0, 0.1) is 12.7 Å². The first-order valence-corrected chi connectivity index (χ1v) is 4.13. The van der Waals surface area contributed by atoms with Crippen LogP contribution in [0.25, 0.3) is 0 Å². The lowest BCUT2D eigenvalue weighted by molar-refractivity contribution is 0.203. The van der Waals surface area contributed by atoms with E-state index >= 15 is 0 Å². The predicted octanol–water partition coefficient (Wildman–Crippen LogP) is 2.28. The van der Waals surface area contributed by atoms with Crippen LogP contribution in [0.2, 0.25) is 0 Å². The number of nitrogens with two attached hydrogens (primary N) is 1. The summed E-state index contributed by atoms with van der Waals surface area (Å²) in [5, 5.41) is 0. The minimum Gasteiger partial charge on any atom is -0.327 e. The molecule has 2 N–H and O–H groups in total. The molecule has 0 aliphatic heterocycles. The second-order valence-corrected chi connectivity index (χ2v) is 3.37. The molecule has 0 fully saturated rings. The monoisotopic (exact) mass is 185 g/mol. The molecule has 0 bridgehead atoms. The van der Waals surface area contributed by atoms with Crippen LogP contribution in [0.5, 0.6) is 0 Å². The fraction of sp³-hybridized carbons (Fsp3) is 0.400. The van der Waals surface area contributed by atoms with Gasteiger partial charge in [-0.2, -0.15) is 0 Å². The van der Waals surface area contributed by atoms with Crippen molar-refractivity contribution in [3.8, 4) is 0 Å². The smallest absolute Gasteiger partial charge is 0.145 e. The van der Waals surface area contributed by atoms with Gasteiger partial charge in [0.15, 0.2) is 0 Å². The van der Waals surface area contributed by atoms with E-state index in [0.717, 1.165) is 0 Å². The molecule has 3 heteroatoms. The Kier molecular flexibility index (Phi) is 2.66. The van der Waals surface area contributed by atoms with Gasteiger partial charge in [-0.25, -0.2) is 8.78 Å². The van der Waals surface area contributed by atoms with Gasteiger partial charge in [0, 0.05) is 6.54 Å². The zero-order chi connectivity index (χ0) is 10.1. The molecule has 1 atom stereocenters. The number of benzene rings is 1. The SMILES string of the molecule is Cc1cc(C(C)(F)CN)ccc1F. The van der Waals surface area contributed by atoms with Crippen molar-refractivity contribution in [1.82, 2.24) is 0 Å². The third-order valence-corrected chi connectivity index (χ3v) is 2.14. The van der Waals surface area contributed by atoms with E-state index in [2.05, 4.69) is 0 Å². The molecule has 1 aromatic rings. The molecule has 0 amide bonds. The maximum Gasteiger partial charge on any atom is 0.145 e. The van der Waals surface area contributed by atoms with Crippen LogP contribution >= 0.6 is 0 Å². The zero-order valence-corrected chi connectivity index (χ0v) is 7.77. The Labute approximate surface area is 76.6 Å². The van der Waals surface area contributed by atoms with Crippen LogP contribution in [0.1, 0.15) is 18.1 Å². The largest absolute Gasteiger partial charge is 0.327 e. The van der Waals surface area contributed by atoms with Gasteiger partial charge in [0.25, 0.3) is 0 Å². The van der Waals surface area contributed by atoms with Crippen molar-refractivity contribution < 1.29 is 8.78 Å². The minimum absolute atomic E-state index is 0.0991. The number of alkyl halides is 1. The molecule has 1 aromatic carbocycles. The molecule has 0 radical (unpaired) electrons. The van der Waals surface area contributed by atoms with Crippen molar-refractivity contribution >= 4 is 0 Å². The second-order valence-electron chi connectivity index (χ2n) is 3.37. The van der Waals surface area contributed by atoms with Gasteiger partial charge in [-0.1, -0.05) is 6.07 Å². The van der Waals surface area contributed by atoms with Crippen LogP contribution in [-0.2, 0) is 5.67 Å². The molecule has 0 aromatic heterocycles. The molecule has 0 saturated carbocycles. The quantitative estimate of drug-likeness (QED) is 0.751. The first-order chi connectivity index (χ1) is 5.97. The van der Waals surface area contributed by atoms with Gasteiger partial charge in [0.05, 0.1) is 0 Å². The van der Waals surface area contributed by atoms with E-state index in [9.17, 15) is 8.78 Å². The number of hydrogen-bond donors (Lipinski definition) is 1. The molecule has 0 saturated heterocycles. The molecule has 1 unspecified atom stereocenters. The Balaban J connectivity index is 3.10. The van der Waals surface area contributed by atoms with Crippen molar-refractivity contribution in [3.63, 3.8) is 0 Å². The topological polar surface area (TPSA) is 26.0 Å². The Hall–Kier alpha value is -0.960. The van der Waals surface area contributed by atoms with Crippen LogP contribution < -0.4 is 5.73 Å². The highest BCUT2D eigenvalue weighted by molar-refractivity contribution is 5.28. The Morgan fingerprint density at radius 3 is 2.54 bits per heavy atom. The molecule has 1 nitrogen and oxygen atoms in total. The lowest BCUT2D eigenvalue weighted by Gasteiger charge is -2.18. The van der Waals surface area contributed by atoms with Crippen molar-refractivity contribution in [2.75, 3.05) is 6.54 Å². The van der Waals surface area contributed by atoms with E-state index < -0.39 is 5.67 Å². The van der Waals surface area contributed by atoms with E-state index in [-0.39, 0.29) is 12.4 Å². The lowest BCUT2D eigenvalue weighted by Crippen LogP contribution is -2.26. The number of halogens is 2. The number of aryl methyl sites for hydroxylation is 1. The summed E-state index contributed by atoms with van der Waals surface area (Å²) in [6.45, 7) is 2.89. The Morgan fingerprint density at radius 1 is 1.46 bits per heavy atom. The van der Waals surface area contributed by atoms with Gasteiger partial charge in [0.1, 0.15) is 11.5 Å². The molecule has 0 heterocycles. The van der Waals surface area contributed by atoms with Gasteiger partial charge < -0.3 is 5.73 Å². The average molecular weight is 185 g/mol. The van der Waals surface area contributed by atoms with Gasteiger partial charge >= 0.3 is 0 Å². The standard InChI is InChI=1S/C10H13F2N/c1-7-5-8(3-4-9(7)11)10(2,12)6-13/h3-5H,6,13H2,1-2H3. The van der Waals surface area contributed by atoms with Crippen LogP contribution in [0.15, 0.2) is 18.2 Å². The van der Waals surface area contributed by atoms with Crippen molar-refractivity contribution in [2.24, 2.45) is 5.73 Å². The maximum absolute atomic E-state index is 13.6. The molecule has 13 heavy (non-hydrogen) atoms. The maximum atomic E-state index is 13.6. The third-order valence-electron chi connectivity index (χ3n) is 2.14. The van der Waals surface area contributed by atoms with Crippen LogP contribution in [0.3, 0.4) is 0 Å². The van der Waals surface area contributed by atoms with E-state index in [1.54, 1.807) is 6.92 Å². The van der Waals surface area contributed by atoms with Crippen LogP contribution in [-0.4, -0.2) is 6.54 Å². The van der Waals surface area contributed by atoms with E-state index in [4.69, 9.17) is 5.73 Å². The Morgan fingerprint density at radius 2 is 2.08 bits per heavy atom. The fourth-order valence-corrected chi connectivity index (χ4v) is 1.09. The summed E-state index contributed by atoms with van der Waals surface area (Å²) in [7, 11) is 0. The highest BCUT2D eigenvalue weighted by Crippen LogP contribution is 2.25. The predicted molar refractivity (Wildman–Crippen MR) is 48.7 cm³/mol. The summed E-state index contributed by atoms with van der Waals surface area (Å²) in [6.07, 6.45) is 0. The normalized spacial score (nSPS) is 15.5. The summed E-state index contributed by atoms with van der Waals surface area (Å²) in [5.41, 5.74) is 4.55. The second kappa shape index (κ2) is 3.42. The van der Waals surface area contributed by atoms with E-state index in [0.29, 0.717) is 11.1 Å². The highest BCUT2D eigenvalue weighted by Gasteiger charge is 2.23. The highest BCUT2D eigenvalue weighted by atomic mass is 19.1. The average Bonchev–Trinajstić information content (AvgIpc) is 2.09. The lowest BCUT2D eigenvalue weighted by atomic mass is 9.96. The summed E-state index contributed by atoms with van der Waals surface area (Å²) in [5.74, 6) is -0.323. The first kappa shape index (κ1) is 10.1. The zero-order valence-electron chi connectivity index (χ0n) is 7.77. The van der Waals surface area contributed by atoms with Gasteiger partial charge in [0.2, 0.25) is 0 Å². The number of hydrogen-bond acceptors (Lipinski definition) is 1. The summed E-state index contributed by atoms with van der Waals surface area (Å²) in [6, 6.07) is 4.18. The van der Waals surface area contributed by atoms with Crippen molar-refractivity contribution in [1.29, 1.82) is 0 Å².